The van der Waals surface area contributed by atoms with Gasteiger partial charge in [0, 0.05) is 30.6 Å². The van der Waals surface area contributed by atoms with Crippen LogP contribution in [0.3, 0.4) is 0 Å². The minimum absolute atomic E-state index is 0.0562. The molecule has 1 aliphatic heterocycles. The van der Waals surface area contributed by atoms with Gasteiger partial charge in [-0.3, -0.25) is 10.1 Å². The third-order valence-corrected chi connectivity index (χ3v) is 4.70. The van der Waals surface area contributed by atoms with Crippen LogP contribution in [0.15, 0.2) is 18.2 Å². The fourth-order valence-corrected chi connectivity index (χ4v) is 3.04. The standard InChI is InChI=1S/C17H25N3O4/c1-11-6-7-14(9-16(11)20(23)24)12(2)18-17(22)19-8-4-5-15(10-19)13(3)21/h6-7,9,12-13,15,21H,4-5,8,10H2,1-3H3,(H,18,22). The lowest BCUT2D eigenvalue weighted by Gasteiger charge is -2.34. The van der Waals surface area contributed by atoms with Gasteiger partial charge in [0.05, 0.1) is 17.1 Å². The number of likely N-dealkylation sites (tertiary alicyclic amines) is 1. The van der Waals surface area contributed by atoms with Crippen LogP contribution < -0.4 is 5.32 Å². The topological polar surface area (TPSA) is 95.7 Å². The number of hydrogen-bond donors (Lipinski definition) is 2. The molecule has 1 fully saturated rings. The SMILES string of the molecule is Cc1ccc(C(C)NC(=O)N2CCCC(C(C)O)C2)cc1[N+](=O)[O-]. The van der Waals surface area contributed by atoms with E-state index in [-0.39, 0.29) is 23.7 Å². The van der Waals surface area contributed by atoms with Gasteiger partial charge in [0.2, 0.25) is 0 Å². The molecule has 1 heterocycles. The molecular formula is C17H25N3O4. The zero-order chi connectivity index (χ0) is 17.9. The van der Waals surface area contributed by atoms with E-state index in [1.54, 1.807) is 30.9 Å². The van der Waals surface area contributed by atoms with Crippen molar-refractivity contribution in [2.75, 3.05) is 13.1 Å². The zero-order valence-corrected chi connectivity index (χ0v) is 14.4. The van der Waals surface area contributed by atoms with Crippen molar-refractivity contribution in [3.05, 3.63) is 39.4 Å². The average molecular weight is 335 g/mol. The Morgan fingerprint density at radius 3 is 2.79 bits per heavy atom. The van der Waals surface area contributed by atoms with Crippen LogP contribution in [-0.4, -0.2) is 40.2 Å². The molecule has 2 rings (SSSR count). The lowest BCUT2D eigenvalue weighted by atomic mass is 9.93. The number of nitro benzene ring substituents is 1. The lowest BCUT2D eigenvalue weighted by molar-refractivity contribution is -0.385. The van der Waals surface area contributed by atoms with Crippen molar-refractivity contribution in [3.8, 4) is 0 Å². The minimum Gasteiger partial charge on any atom is -0.393 e. The summed E-state index contributed by atoms with van der Waals surface area (Å²) in [7, 11) is 0. The van der Waals surface area contributed by atoms with Gasteiger partial charge in [0.25, 0.3) is 5.69 Å². The molecule has 2 amide bonds. The molecule has 1 aromatic rings. The molecule has 1 saturated heterocycles. The number of amides is 2. The number of rotatable bonds is 4. The maximum Gasteiger partial charge on any atom is 0.317 e. The number of nitrogens with zero attached hydrogens (tertiary/aromatic N) is 2. The summed E-state index contributed by atoms with van der Waals surface area (Å²) < 4.78 is 0. The Morgan fingerprint density at radius 1 is 1.46 bits per heavy atom. The van der Waals surface area contributed by atoms with Crippen LogP contribution in [0.5, 0.6) is 0 Å². The van der Waals surface area contributed by atoms with Gasteiger partial charge in [-0.2, -0.15) is 0 Å². The number of carbonyl (C=O) groups excluding carboxylic acids is 1. The van der Waals surface area contributed by atoms with E-state index in [2.05, 4.69) is 5.32 Å². The number of nitrogens with one attached hydrogen (secondary N) is 1. The maximum absolute atomic E-state index is 12.4. The third-order valence-electron chi connectivity index (χ3n) is 4.70. The minimum atomic E-state index is -0.433. The summed E-state index contributed by atoms with van der Waals surface area (Å²) in [5.74, 6) is 0.0975. The fraction of sp³-hybridized carbons (Fsp3) is 0.588. The van der Waals surface area contributed by atoms with E-state index in [1.807, 2.05) is 6.92 Å². The third kappa shape index (κ3) is 4.23. The number of piperidine rings is 1. The highest BCUT2D eigenvalue weighted by atomic mass is 16.6. The fourth-order valence-electron chi connectivity index (χ4n) is 3.04. The molecule has 7 heteroatoms. The second kappa shape index (κ2) is 7.61. The van der Waals surface area contributed by atoms with E-state index in [1.165, 1.54) is 6.07 Å². The smallest absolute Gasteiger partial charge is 0.317 e. The van der Waals surface area contributed by atoms with Gasteiger partial charge in [0.15, 0.2) is 0 Å². The Labute approximate surface area is 141 Å². The van der Waals surface area contributed by atoms with Gasteiger partial charge in [-0.25, -0.2) is 4.79 Å². The predicted octanol–water partition coefficient (Wildman–Crippen LogP) is 2.77. The number of aliphatic hydroxyl groups excluding tert-OH is 1. The summed E-state index contributed by atoms with van der Waals surface area (Å²) in [6.07, 6.45) is 1.35. The average Bonchev–Trinajstić information content (AvgIpc) is 2.54. The highest BCUT2D eigenvalue weighted by Gasteiger charge is 2.27. The number of aliphatic hydroxyl groups is 1. The van der Waals surface area contributed by atoms with Crippen molar-refractivity contribution < 1.29 is 14.8 Å². The van der Waals surface area contributed by atoms with Crippen molar-refractivity contribution in [3.63, 3.8) is 0 Å². The largest absolute Gasteiger partial charge is 0.393 e. The van der Waals surface area contributed by atoms with Gasteiger partial charge in [-0.05, 0) is 39.2 Å². The molecule has 7 nitrogen and oxygen atoms in total. The van der Waals surface area contributed by atoms with E-state index < -0.39 is 11.0 Å². The second-order valence-electron chi connectivity index (χ2n) is 6.56. The first-order valence-corrected chi connectivity index (χ1v) is 8.28. The van der Waals surface area contributed by atoms with E-state index in [4.69, 9.17) is 0 Å². The van der Waals surface area contributed by atoms with E-state index in [9.17, 15) is 20.0 Å². The van der Waals surface area contributed by atoms with E-state index in [0.717, 1.165) is 12.8 Å². The molecular weight excluding hydrogens is 310 g/mol. The van der Waals surface area contributed by atoms with E-state index in [0.29, 0.717) is 24.2 Å². The molecule has 0 aliphatic carbocycles. The molecule has 24 heavy (non-hydrogen) atoms. The zero-order valence-electron chi connectivity index (χ0n) is 14.4. The molecule has 0 bridgehead atoms. The molecule has 0 aromatic heterocycles. The van der Waals surface area contributed by atoms with Crippen molar-refractivity contribution in [2.24, 2.45) is 5.92 Å². The molecule has 1 aliphatic rings. The molecule has 2 N–H and O–H groups in total. The van der Waals surface area contributed by atoms with Gasteiger partial charge >= 0.3 is 6.03 Å². The molecule has 0 radical (unpaired) electrons. The highest BCUT2D eigenvalue weighted by molar-refractivity contribution is 5.74. The molecule has 3 atom stereocenters. The summed E-state index contributed by atoms with van der Waals surface area (Å²) >= 11 is 0. The Bertz CT molecular complexity index is 618. The van der Waals surface area contributed by atoms with Crippen molar-refractivity contribution in [1.82, 2.24) is 10.2 Å². The number of nitro groups is 1. The number of benzene rings is 1. The van der Waals surface area contributed by atoms with Crippen LogP contribution in [0, 0.1) is 23.0 Å². The molecule has 132 valence electrons. The van der Waals surface area contributed by atoms with Crippen molar-refractivity contribution in [1.29, 1.82) is 0 Å². The normalized spacial score (nSPS) is 20.3. The van der Waals surface area contributed by atoms with Gasteiger partial charge < -0.3 is 15.3 Å². The first-order valence-electron chi connectivity index (χ1n) is 8.28. The van der Waals surface area contributed by atoms with Gasteiger partial charge in [0.1, 0.15) is 0 Å². The summed E-state index contributed by atoms with van der Waals surface area (Å²) in [6.45, 7) is 6.44. The summed E-state index contributed by atoms with van der Waals surface area (Å²) in [4.78, 5) is 24.8. The molecule has 0 saturated carbocycles. The van der Waals surface area contributed by atoms with Gasteiger partial charge in [-0.1, -0.05) is 12.1 Å². The Kier molecular flexibility index (Phi) is 5.77. The predicted molar refractivity (Wildman–Crippen MR) is 90.8 cm³/mol. The highest BCUT2D eigenvalue weighted by Crippen LogP contribution is 2.24. The summed E-state index contributed by atoms with van der Waals surface area (Å²) in [6, 6.07) is 4.47. The monoisotopic (exact) mass is 335 g/mol. The molecule has 3 unspecified atom stereocenters. The quantitative estimate of drug-likeness (QED) is 0.653. The van der Waals surface area contributed by atoms with Crippen LogP contribution in [0.1, 0.15) is 43.9 Å². The summed E-state index contributed by atoms with van der Waals surface area (Å²) in [5.41, 5.74) is 1.35. The van der Waals surface area contributed by atoms with Crippen LogP contribution in [0.4, 0.5) is 10.5 Å². The Balaban J connectivity index is 2.03. The summed E-state index contributed by atoms with van der Waals surface area (Å²) in [5, 5.41) is 23.7. The number of urea groups is 1. The lowest BCUT2D eigenvalue weighted by Crippen LogP contribution is -2.47. The van der Waals surface area contributed by atoms with Crippen molar-refractivity contribution in [2.45, 2.75) is 45.8 Å². The van der Waals surface area contributed by atoms with Crippen LogP contribution in [0.25, 0.3) is 0 Å². The Hall–Kier alpha value is -2.15. The number of hydrogen-bond acceptors (Lipinski definition) is 4. The number of carbonyl (C=O) groups is 1. The maximum atomic E-state index is 12.4. The number of aryl methyl sites for hydroxylation is 1. The second-order valence-corrected chi connectivity index (χ2v) is 6.56. The first kappa shape index (κ1) is 18.2. The van der Waals surface area contributed by atoms with Gasteiger partial charge in [-0.15, -0.1) is 0 Å². The van der Waals surface area contributed by atoms with Crippen LogP contribution >= 0.6 is 0 Å². The Morgan fingerprint density at radius 2 is 2.17 bits per heavy atom. The first-order chi connectivity index (χ1) is 11.3. The van der Waals surface area contributed by atoms with Crippen molar-refractivity contribution >= 4 is 11.7 Å². The van der Waals surface area contributed by atoms with E-state index >= 15 is 0 Å². The molecule has 0 spiro atoms. The van der Waals surface area contributed by atoms with Crippen LogP contribution in [-0.2, 0) is 0 Å². The molecule has 1 aromatic carbocycles. The van der Waals surface area contributed by atoms with Crippen LogP contribution in [0.2, 0.25) is 0 Å².